The summed E-state index contributed by atoms with van der Waals surface area (Å²) in [5.74, 6) is -1.20. The van der Waals surface area contributed by atoms with Crippen molar-refractivity contribution in [2.75, 3.05) is 30.3 Å². The number of halogens is 1. The molecule has 1 amide bonds. The van der Waals surface area contributed by atoms with Gasteiger partial charge in [0.05, 0.1) is 18.0 Å². The quantitative estimate of drug-likeness (QED) is 0.688. The van der Waals surface area contributed by atoms with E-state index >= 15 is 0 Å². The molecule has 1 rings (SSSR count). The van der Waals surface area contributed by atoms with Gasteiger partial charge in [-0.15, -0.1) is 0 Å². The maximum atomic E-state index is 13.8. The first kappa shape index (κ1) is 19.4. The molecule has 130 valence electrons. The summed E-state index contributed by atoms with van der Waals surface area (Å²) in [6.07, 6.45) is 1.67. The molecule has 0 radical (unpaired) electrons. The maximum absolute atomic E-state index is 13.8. The van der Waals surface area contributed by atoms with Gasteiger partial charge < -0.3 is 10.1 Å². The van der Waals surface area contributed by atoms with Crippen molar-refractivity contribution in [2.45, 2.75) is 26.4 Å². The van der Waals surface area contributed by atoms with Crippen LogP contribution in [0.25, 0.3) is 0 Å². The lowest BCUT2D eigenvalue weighted by Crippen LogP contribution is -2.41. The standard InChI is InChI=1S/C15H23FN2O4S/c1-12(2)22-10-6-9-17-15(19)11-18(23(3,20)21)14-8-5-4-7-13(14)16/h4-5,7-8,12H,6,9-11H2,1-3H3,(H,17,19). The number of rotatable bonds is 9. The molecule has 0 unspecified atom stereocenters. The summed E-state index contributed by atoms with van der Waals surface area (Å²) >= 11 is 0. The van der Waals surface area contributed by atoms with E-state index in [0.29, 0.717) is 19.6 Å². The van der Waals surface area contributed by atoms with Gasteiger partial charge in [0, 0.05) is 13.2 Å². The molecular weight excluding hydrogens is 323 g/mol. The Balaban J connectivity index is 2.62. The van der Waals surface area contributed by atoms with Gasteiger partial charge in [-0.2, -0.15) is 0 Å². The van der Waals surface area contributed by atoms with Gasteiger partial charge in [0.2, 0.25) is 15.9 Å². The molecule has 0 aliphatic carbocycles. The highest BCUT2D eigenvalue weighted by Gasteiger charge is 2.23. The first-order valence-corrected chi connectivity index (χ1v) is 9.17. The van der Waals surface area contributed by atoms with Crippen LogP contribution >= 0.6 is 0 Å². The van der Waals surface area contributed by atoms with Crippen LogP contribution < -0.4 is 9.62 Å². The zero-order valence-electron chi connectivity index (χ0n) is 13.6. The van der Waals surface area contributed by atoms with Crippen LogP contribution in [0.3, 0.4) is 0 Å². The molecule has 0 aromatic heterocycles. The Labute approximate surface area is 136 Å². The van der Waals surface area contributed by atoms with Crippen molar-refractivity contribution in [3.05, 3.63) is 30.1 Å². The summed E-state index contributed by atoms with van der Waals surface area (Å²) in [5, 5.41) is 2.60. The molecule has 1 aromatic carbocycles. The number of hydrogen-bond donors (Lipinski definition) is 1. The minimum Gasteiger partial charge on any atom is -0.379 e. The van der Waals surface area contributed by atoms with Gasteiger partial charge in [-0.05, 0) is 32.4 Å². The number of para-hydroxylation sites is 1. The van der Waals surface area contributed by atoms with Gasteiger partial charge in [-0.25, -0.2) is 12.8 Å². The van der Waals surface area contributed by atoms with E-state index in [1.54, 1.807) is 0 Å². The summed E-state index contributed by atoms with van der Waals surface area (Å²) in [6.45, 7) is 4.22. The fourth-order valence-electron chi connectivity index (χ4n) is 1.84. The van der Waals surface area contributed by atoms with Gasteiger partial charge in [-0.1, -0.05) is 12.1 Å². The van der Waals surface area contributed by atoms with Crippen LogP contribution in [-0.2, 0) is 19.6 Å². The fourth-order valence-corrected chi connectivity index (χ4v) is 2.70. The van der Waals surface area contributed by atoms with Crippen LogP contribution in [0.1, 0.15) is 20.3 Å². The molecule has 1 aromatic rings. The highest BCUT2D eigenvalue weighted by atomic mass is 32.2. The Morgan fingerprint density at radius 2 is 2.00 bits per heavy atom. The van der Waals surface area contributed by atoms with E-state index in [9.17, 15) is 17.6 Å². The van der Waals surface area contributed by atoms with Gasteiger partial charge in [0.25, 0.3) is 0 Å². The second kappa shape index (κ2) is 8.83. The van der Waals surface area contributed by atoms with Crippen molar-refractivity contribution in [2.24, 2.45) is 0 Å². The summed E-state index contributed by atoms with van der Waals surface area (Å²) in [6, 6.07) is 5.43. The molecule has 1 N–H and O–H groups in total. The molecule has 23 heavy (non-hydrogen) atoms. The number of anilines is 1. The number of nitrogens with one attached hydrogen (secondary N) is 1. The second-order valence-electron chi connectivity index (χ2n) is 5.34. The first-order chi connectivity index (χ1) is 10.7. The monoisotopic (exact) mass is 346 g/mol. The van der Waals surface area contributed by atoms with Crippen LogP contribution in [0, 0.1) is 5.82 Å². The van der Waals surface area contributed by atoms with Crippen LogP contribution in [0.15, 0.2) is 24.3 Å². The van der Waals surface area contributed by atoms with Crippen molar-refractivity contribution in [1.29, 1.82) is 0 Å². The smallest absolute Gasteiger partial charge is 0.240 e. The van der Waals surface area contributed by atoms with Crippen molar-refractivity contribution in [3.8, 4) is 0 Å². The predicted octanol–water partition coefficient (Wildman–Crippen LogP) is 1.52. The molecule has 0 fully saturated rings. The molecule has 0 aliphatic heterocycles. The summed E-state index contributed by atoms with van der Waals surface area (Å²) in [7, 11) is -3.77. The van der Waals surface area contributed by atoms with Gasteiger partial charge in [0.15, 0.2) is 0 Å². The molecule has 8 heteroatoms. The first-order valence-electron chi connectivity index (χ1n) is 7.32. The second-order valence-corrected chi connectivity index (χ2v) is 7.25. The summed E-state index contributed by atoms with van der Waals surface area (Å²) < 4.78 is 43.5. The maximum Gasteiger partial charge on any atom is 0.240 e. The fraction of sp³-hybridized carbons (Fsp3) is 0.533. The Kier molecular flexibility index (Phi) is 7.44. The number of carbonyl (C=O) groups is 1. The third-order valence-corrected chi connectivity index (χ3v) is 4.03. The topological polar surface area (TPSA) is 75.7 Å². The average Bonchev–Trinajstić information content (AvgIpc) is 2.44. The number of hydrogen-bond acceptors (Lipinski definition) is 4. The van der Waals surface area contributed by atoms with Crippen LogP contribution in [0.4, 0.5) is 10.1 Å². The average molecular weight is 346 g/mol. The molecule has 0 atom stereocenters. The molecule has 0 saturated carbocycles. The molecule has 0 saturated heterocycles. The Bertz CT molecular complexity index is 620. The third-order valence-electron chi connectivity index (χ3n) is 2.90. The molecular formula is C15H23FN2O4S. The largest absolute Gasteiger partial charge is 0.379 e. The molecule has 6 nitrogen and oxygen atoms in total. The molecule has 0 heterocycles. The zero-order valence-corrected chi connectivity index (χ0v) is 14.4. The van der Waals surface area contributed by atoms with E-state index in [0.717, 1.165) is 16.6 Å². The van der Waals surface area contributed by atoms with E-state index in [-0.39, 0.29) is 11.8 Å². The molecule has 0 spiro atoms. The number of nitrogens with zero attached hydrogens (tertiary/aromatic N) is 1. The number of carbonyl (C=O) groups excluding carboxylic acids is 1. The predicted molar refractivity (Wildman–Crippen MR) is 87.3 cm³/mol. The summed E-state index contributed by atoms with van der Waals surface area (Å²) in [5.41, 5.74) is -0.145. The van der Waals surface area contributed by atoms with E-state index in [2.05, 4.69) is 5.32 Å². The van der Waals surface area contributed by atoms with E-state index in [4.69, 9.17) is 4.74 Å². The van der Waals surface area contributed by atoms with Crippen molar-refractivity contribution in [3.63, 3.8) is 0 Å². The minimum absolute atomic E-state index is 0.118. The number of benzene rings is 1. The van der Waals surface area contributed by atoms with Crippen LogP contribution in [-0.4, -0.2) is 46.4 Å². The van der Waals surface area contributed by atoms with E-state index in [1.807, 2.05) is 13.8 Å². The number of sulfonamides is 1. The zero-order chi connectivity index (χ0) is 17.5. The number of amides is 1. The lowest BCUT2D eigenvalue weighted by Gasteiger charge is -2.22. The van der Waals surface area contributed by atoms with Gasteiger partial charge >= 0.3 is 0 Å². The Morgan fingerprint density at radius 1 is 1.35 bits per heavy atom. The van der Waals surface area contributed by atoms with Crippen molar-refractivity contribution >= 4 is 21.6 Å². The van der Waals surface area contributed by atoms with Crippen LogP contribution in [0.5, 0.6) is 0 Å². The lowest BCUT2D eigenvalue weighted by atomic mass is 10.3. The Morgan fingerprint density at radius 3 is 2.57 bits per heavy atom. The van der Waals surface area contributed by atoms with Crippen LogP contribution in [0.2, 0.25) is 0 Å². The number of ether oxygens (including phenoxy) is 1. The molecule has 0 aliphatic rings. The normalized spacial score (nSPS) is 11.5. The SMILES string of the molecule is CC(C)OCCCNC(=O)CN(c1ccccc1F)S(C)(=O)=O. The lowest BCUT2D eigenvalue weighted by molar-refractivity contribution is -0.119. The highest BCUT2D eigenvalue weighted by molar-refractivity contribution is 7.92. The van der Waals surface area contributed by atoms with Gasteiger partial charge in [-0.3, -0.25) is 9.10 Å². The van der Waals surface area contributed by atoms with Gasteiger partial charge in [0.1, 0.15) is 12.4 Å². The van der Waals surface area contributed by atoms with Crippen molar-refractivity contribution in [1.82, 2.24) is 5.32 Å². The van der Waals surface area contributed by atoms with Crippen molar-refractivity contribution < 1.29 is 22.3 Å². The summed E-state index contributed by atoms with van der Waals surface area (Å²) in [4.78, 5) is 11.9. The highest BCUT2D eigenvalue weighted by Crippen LogP contribution is 2.20. The van der Waals surface area contributed by atoms with E-state index in [1.165, 1.54) is 18.2 Å². The van der Waals surface area contributed by atoms with E-state index < -0.39 is 28.3 Å². The minimum atomic E-state index is -3.77. The molecule has 0 bridgehead atoms. The Hall–Kier alpha value is -1.67. The third kappa shape index (κ3) is 6.96.